The predicted molar refractivity (Wildman–Crippen MR) is 75.2 cm³/mol. The lowest BCUT2D eigenvalue weighted by Gasteiger charge is -2.25. The first kappa shape index (κ1) is 12.5. The minimum absolute atomic E-state index is 0.0799. The quantitative estimate of drug-likeness (QED) is 0.714. The highest BCUT2D eigenvalue weighted by Crippen LogP contribution is 2.26. The minimum Gasteiger partial charge on any atom is -0.349 e. The van der Waals surface area contributed by atoms with Crippen LogP contribution in [0.5, 0.6) is 0 Å². The summed E-state index contributed by atoms with van der Waals surface area (Å²) < 4.78 is 1.64. The summed E-state index contributed by atoms with van der Waals surface area (Å²) in [6, 6.07) is 5.96. The molecule has 1 atom stereocenters. The van der Waals surface area contributed by atoms with Crippen LogP contribution >= 0.6 is 0 Å². The molecule has 0 fully saturated rings. The number of nitrogens with zero attached hydrogens (tertiary/aromatic N) is 7. The highest BCUT2D eigenvalue weighted by molar-refractivity contribution is 5.82. The van der Waals surface area contributed by atoms with Crippen LogP contribution in [0.15, 0.2) is 30.7 Å². The van der Waals surface area contributed by atoms with E-state index >= 15 is 0 Å². The number of aromatic nitrogens is 6. The van der Waals surface area contributed by atoms with Gasteiger partial charge in [0.1, 0.15) is 6.33 Å². The Balaban J connectivity index is 2.02. The molecule has 3 aromatic heterocycles. The zero-order valence-electron chi connectivity index (χ0n) is 11.6. The van der Waals surface area contributed by atoms with Crippen LogP contribution in [0.3, 0.4) is 0 Å². The van der Waals surface area contributed by atoms with E-state index in [2.05, 4.69) is 32.2 Å². The molecule has 7 heteroatoms. The van der Waals surface area contributed by atoms with E-state index < -0.39 is 0 Å². The Kier molecular flexibility index (Phi) is 3.02. The van der Waals surface area contributed by atoms with Gasteiger partial charge < -0.3 is 4.90 Å². The second kappa shape index (κ2) is 4.84. The van der Waals surface area contributed by atoms with Crippen LogP contribution in [0.1, 0.15) is 18.7 Å². The fourth-order valence-electron chi connectivity index (χ4n) is 2.10. The van der Waals surface area contributed by atoms with E-state index in [1.165, 1.54) is 6.33 Å². The van der Waals surface area contributed by atoms with Gasteiger partial charge in [0.15, 0.2) is 17.0 Å². The molecular weight excluding hydrogens is 254 g/mol. The lowest BCUT2D eigenvalue weighted by atomic mass is 10.2. The number of pyridine rings is 1. The van der Waals surface area contributed by atoms with Crippen molar-refractivity contribution in [2.24, 2.45) is 7.05 Å². The maximum atomic E-state index is 4.38. The SMILES string of the molecule is C[C@H](c1ccccn1)N(C)c1ncnc2c1nnn2C. The van der Waals surface area contributed by atoms with E-state index in [9.17, 15) is 0 Å². The van der Waals surface area contributed by atoms with Gasteiger partial charge in [0.25, 0.3) is 0 Å². The molecule has 0 unspecified atom stereocenters. The zero-order chi connectivity index (χ0) is 14.1. The molecule has 0 aliphatic heterocycles. The topological polar surface area (TPSA) is 72.6 Å². The van der Waals surface area contributed by atoms with Gasteiger partial charge in [-0.15, -0.1) is 5.10 Å². The first-order valence-electron chi connectivity index (χ1n) is 6.32. The molecule has 20 heavy (non-hydrogen) atoms. The van der Waals surface area contributed by atoms with Crippen molar-refractivity contribution in [1.29, 1.82) is 0 Å². The van der Waals surface area contributed by atoms with E-state index in [4.69, 9.17) is 0 Å². The van der Waals surface area contributed by atoms with E-state index in [0.717, 1.165) is 17.2 Å². The maximum Gasteiger partial charge on any atom is 0.183 e. The van der Waals surface area contributed by atoms with Gasteiger partial charge in [-0.2, -0.15) is 0 Å². The zero-order valence-corrected chi connectivity index (χ0v) is 11.6. The molecule has 102 valence electrons. The van der Waals surface area contributed by atoms with Crippen molar-refractivity contribution >= 4 is 17.0 Å². The Morgan fingerprint density at radius 1 is 1.20 bits per heavy atom. The molecule has 3 rings (SSSR count). The number of rotatable bonds is 3. The van der Waals surface area contributed by atoms with Crippen molar-refractivity contribution in [3.63, 3.8) is 0 Å². The van der Waals surface area contributed by atoms with Crippen LogP contribution in [0.4, 0.5) is 5.82 Å². The van der Waals surface area contributed by atoms with Gasteiger partial charge in [0.05, 0.1) is 11.7 Å². The maximum absolute atomic E-state index is 4.38. The molecule has 0 aliphatic rings. The lowest BCUT2D eigenvalue weighted by molar-refractivity contribution is 0.706. The summed E-state index contributed by atoms with van der Waals surface area (Å²) in [5.41, 5.74) is 2.39. The highest BCUT2D eigenvalue weighted by atomic mass is 15.4. The van der Waals surface area contributed by atoms with Crippen LogP contribution in [-0.2, 0) is 7.05 Å². The molecule has 3 aromatic rings. The summed E-state index contributed by atoms with van der Waals surface area (Å²) in [4.78, 5) is 15.0. The monoisotopic (exact) mass is 269 g/mol. The van der Waals surface area contributed by atoms with Crippen molar-refractivity contribution in [2.45, 2.75) is 13.0 Å². The first-order chi connectivity index (χ1) is 9.68. The molecule has 0 radical (unpaired) electrons. The summed E-state index contributed by atoms with van der Waals surface area (Å²) in [6.45, 7) is 2.08. The van der Waals surface area contributed by atoms with E-state index in [1.54, 1.807) is 10.9 Å². The lowest BCUT2D eigenvalue weighted by Crippen LogP contribution is -2.23. The number of fused-ring (bicyclic) bond motifs is 1. The van der Waals surface area contributed by atoms with Gasteiger partial charge in [-0.25, -0.2) is 14.6 Å². The average Bonchev–Trinajstić information content (AvgIpc) is 2.88. The van der Waals surface area contributed by atoms with Gasteiger partial charge in [-0.05, 0) is 19.1 Å². The van der Waals surface area contributed by atoms with Gasteiger partial charge in [-0.1, -0.05) is 11.3 Å². The fourth-order valence-corrected chi connectivity index (χ4v) is 2.10. The largest absolute Gasteiger partial charge is 0.349 e. The minimum atomic E-state index is 0.0799. The first-order valence-corrected chi connectivity index (χ1v) is 6.32. The summed E-state index contributed by atoms with van der Waals surface area (Å²) in [5.74, 6) is 0.751. The van der Waals surface area contributed by atoms with Crippen LogP contribution < -0.4 is 4.90 Å². The Hall–Kier alpha value is -2.57. The number of anilines is 1. The van der Waals surface area contributed by atoms with Gasteiger partial charge in [0.2, 0.25) is 0 Å². The Morgan fingerprint density at radius 2 is 2.05 bits per heavy atom. The van der Waals surface area contributed by atoms with E-state index in [0.29, 0.717) is 5.52 Å². The van der Waals surface area contributed by atoms with Crippen LogP contribution in [0, 0.1) is 0 Å². The van der Waals surface area contributed by atoms with Gasteiger partial charge in [0, 0.05) is 20.3 Å². The Bertz CT molecular complexity index is 722. The number of hydrogen-bond acceptors (Lipinski definition) is 6. The van der Waals surface area contributed by atoms with E-state index in [-0.39, 0.29) is 6.04 Å². The molecule has 0 amide bonds. The molecule has 3 heterocycles. The summed E-state index contributed by atoms with van der Waals surface area (Å²) in [7, 11) is 3.78. The third kappa shape index (κ3) is 1.97. The summed E-state index contributed by atoms with van der Waals surface area (Å²) >= 11 is 0. The van der Waals surface area contributed by atoms with Crippen LogP contribution in [-0.4, -0.2) is 37.0 Å². The normalized spacial score (nSPS) is 12.6. The smallest absolute Gasteiger partial charge is 0.183 e. The summed E-state index contributed by atoms with van der Waals surface area (Å²) in [5, 5.41) is 8.13. The molecular formula is C13H15N7. The summed E-state index contributed by atoms with van der Waals surface area (Å²) in [6.07, 6.45) is 3.32. The molecule has 0 saturated carbocycles. The van der Waals surface area contributed by atoms with Crippen molar-refractivity contribution in [1.82, 2.24) is 29.9 Å². The molecule has 0 spiro atoms. The highest BCUT2D eigenvalue weighted by Gasteiger charge is 2.19. The predicted octanol–water partition coefficient (Wildman–Crippen LogP) is 1.35. The number of hydrogen-bond donors (Lipinski definition) is 0. The van der Waals surface area contributed by atoms with Crippen LogP contribution in [0.25, 0.3) is 11.2 Å². The van der Waals surface area contributed by atoms with Gasteiger partial charge >= 0.3 is 0 Å². The second-order valence-electron chi connectivity index (χ2n) is 4.62. The Morgan fingerprint density at radius 3 is 2.80 bits per heavy atom. The molecule has 0 aliphatic carbocycles. The Labute approximate surface area is 116 Å². The van der Waals surface area contributed by atoms with Crippen molar-refractivity contribution in [2.75, 3.05) is 11.9 Å². The van der Waals surface area contributed by atoms with Crippen molar-refractivity contribution in [3.05, 3.63) is 36.4 Å². The van der Waals surface area contributed by atoms with E-state index in [1.807, 2.05) is 37.2 Å². The molecule has 0 N–H and O–H groups in total. The molecule has 0 saturated heterocycles. The number of aryl methyl sites for hydroxylation is 1. The van der Waals surface area contributed by atoms with Crippen LogP contribution in [0.2, 0.25) is 0 Å². The van der Waals surface area contributed by atoms with Gasteiger partial charge in [-0.3, -0.25) is 4.98 Å². The third-order valence-electron chi connectivity index (χ3n) is 3.40. The van der Waals surface area contributed by atoms with Crippen molar-refractivity contribution in [3.8, 4) is 0 Å². The third-order valence-corrected chi connectivity index (χ3v) is 3.40. The average molecular weight is 269 g/mol. The fraction of sp³-hybridized carbons (Fsp3) is 0.308. The molecule has 7 nitrogen and oxygen atoms in total. The van der Waals surface area contributed by atoms with Crippen molar-refractivity contribution < 1.29 is 0 Å². The second-order valence-corrected chi connectivity index (χ2v) is 4.62. The standard InChI is InChI=1S/C13H15N7/c1-9(10-6-4-5-7-14-10)19(2)12-11-13(16-8-15-12)20(3)18-17-11/h4-9H,1-3H3/t9-/m1/s1. The molecule has 0 bridgehead atoms. The molecule has 0 aromatic carbocycles.